The maximum atomic E-state index is 12.5. The molecule has 5 rings (SSSR count). The standard InChI is InChI=1S/C21H22F3N5O2.C6H10F2/c22-21(23,24)7-5-19(30)25-11-13-3-4-15-16(10-13)28-18(27-15)12-26-20(31)14-6-9-29-8-1-2-17(14)29;7-6(8)4-2-1-3-5-6/h3-4,6,9-10H,1-2,5,7-8,11-12H2,(H,25,30)(H,26,31)(H,27,28);1-5H2. The quantitative estimate of drug-likeness (QED) is 0.324. The molecule has 2 amide bonds. The number of halogens is 5. The molecule has 7 nitrogen and oxygen atoms in total. The predicted octanol–water partition coefficient (Wildman–Crippen LogP) is 5.79. The molecule has 2 aliphatic rings. The third-order valence-electron chi connectivity index (χ3n) is 6.86. The second-order valence-electron chi connectivity index (χ2n) is 10.00. The van der Waals surface area contributed by atoms with Crippen molar-refractivity contribution in [2.24, 2.45) is 0 Å². The summed E-state index contributed by atoms with van der Waals surface area (Å²) in [4.78, 5) is 31.6. The molecule has 0 atom stereocenters. The number of carbonyl (C=O) groups excluding carboxylic acids is 2. The number of aromatic amines is 1. The molecule has 0 bridgehead atoms. The van der Waals surface area contributed by atoms with Crippen molar-refractivity contribution >= 4 is 22.8 Å². The third kappa shape index (κ3) is 8.27. The van der Waals surface area contributed by atoms with E-state index >= 15 is 0 Å². The van der Waals surface area contributed by atoms with Gasteiger partial charge in [0.1, 0.15) is 5.82 Å². The van der Waals surface area contributed by atoms with Crippen LogP contribution >= 0.6 is 0 Å². The highest BCUT2D eigenvalue weighted by atomic mass is 19.4. The van der Waals surface area contributed by atoms with Crippen LogP contribution in [0, 0.1) is 0 Å². The number of amides is 2. The van der Waals surface area contributed by atoms with Gasteiger partial charge in [0.15, 0.2) is 0 Å². The van der Waals surface area contributed by atoms with E-state index in [1.807, 2.05) is 12.3 Å². The molecule has 1 aromatic carbocycles. The molecule has 212 valence electrons. The number of carbonyl (C=O) groups is 2. The van der Waals surface area contributed by atoms with Crippen molar-refractivity contribution in [1.82, 2.24) is 25.2 Å². The molecular weight excluding hydrogens is 521 g/mol. The lowest BCUT2D eigenvalue weighted by Gasteiger charge is -2.20. The van der Waals surface area contributed by atoms with Crippen molar-refractivity contribution in [2.75, 3.05) is 0 Å². The number of nitrogens with one attached hydrogen (secondary N) is 3. The number of hydrogen-bond donors (Lipinski definition) is 3. The van der Waals surface area contributed by atoms with Gasteiger partial charge in [-0.3, -0.25) is 9.59 Å². The first kappa shape index (κ1) is 28.6. The van der Waals surface area contributed by atoms with Crippen molar-refractivity contribution in [3.05, 3.63) is 53.1 Å². The molecule has 12 heteroatoms. The van der Waals surface area contributed by atoms with Crippen LogP contribution < -0.4 is 10.6 Å². The molecule has 0 saturated heterocycles. The highest BCUT2D eigenvalue weighted by Gasteiger charge is 2.30. The smallest absolute Gasteiger partial charge is 0.352 e. The number of aromatic nitrogens is 3. The Labute approximate surface area is 222 Å². The average molecular weight is 554 g/mol. The Morgan fingerprint density at radius 1 is 1.03 bits per heavy atom. The van der Waals surface area contributed by atoms with E-state index in [0.717, 1.165) is 42.6 Å². The van der Waals surface area contributed by atoms with Gasteiger partial charge in [-0.05, 0) is 49.4 Å². The van der Waals surface area contributed by atoms with Gasteiger partial charge < -0.3 is 20.2 Å². The van der Waals surface area contributed by atoms with Crippen LogP contribution in [0.25, 0.3) is 11.0 Å². The van der Waals surface area contributed by atoms with Crippen LogP contribution in [-0.2, 0) is 30.8 Å². The Kier molecular flexibility index (Phi) is 8.91. The van der Waals surface area contributed by atoms with Crippen LogP contribution in [0.2, 0.25) is 0 Å². The first-order valence-corrected chi connectivity index (χ1v) is 13.1. The highest BCUT2D eigenvalue weighted by molar-refractivity contribution is 5.95. The maximum Gasteiger partial charge on any atom is 0.389 e. The van der Waals surface area contributed by atoms with Crippen molar-refractivity contribution in [1.29, 1.82) is 0 Å². The molecule has 0 unspecified atom stereocenters. The van der Waals surface area contributed by atoms with Crippen LogP contribution in [0.1, 0.15) is 78.8 Å². The first-order valence-electron chi connectivity index (χ1n) is 13.1. The third-order valence-corrected chi connectivity index (χ3v) is 6.86. The van der Waals surface area contributed by atoms with Gasteiger partial charge in [-0.25, -0.2) is 13.8 Å². The van der Waals surface area contributed by atoms with Crippen LogP contribution in [0.3, 0.4) is 0 Å². The summed E-state index contributed by atoms with van der Waals surface area (Å²) in [5, 5.41) is 5.36. The van der Waals surface area contributed by atoms with Crippen molar-refractivity contribution in [3.63, 3.8) is 0 Å². The molecule has 2 aromatic heterocycles. The molecule has 3 heterocycles. The van der Waals surface area contributed by atoms with Gasteiger partial charge >= 0.3 is 6.18 Å². The zero-order valence-electron chi connectivity index (χ0n) is 21.5. The fourth-order valence-corrected chi connectivity index (χ4v) is 4.79. The van der Waals surface area contributed by atoms with Crippen molar-refractivity contribution < 1.29 is 31.5 Å². The van der Waals surface area contributed by atoms with Gasteiger partial charge in [0.25, 0.3) is 5.91 Å². The summed E-state index contributed by atoms with van der Waals surface area (Å²) in [5.41, 5.74) is 3.90. The number of rotatable bonds is 7. The fraction of sp³-hybridized carbons (Fsp3) is 0.519. The second kappa shape index (κ2) is 12.2. The molecule has 1 aliphatic heterocycles. The minimum absolute atomic E-state index is 0.118. The van der Waals surface area contributed by atoms with Gasteiger partial charge in [-0.1, -0.05) is 12.5 Å². The Balaban J connectivity index is 0.000000379. The average Bonchev–Trinajstić information content (AvgIpc) is 3.60. The summed E-state index contributed by atoms with van der Waals surface area (Å²) in [5.74, 6) is -2.52. The van der Waals surface area contributed by atoms with E-state index in [1.54, 1.807) is 18.2 Å². The summed E-state index contributed by atoms with van der Waals surface area (Å²) in [7, 11) is 0. The van der Waals surface area contributed by atoms with Crippen molar-refractivity contribution in [3.8, 4) is 0 Å². The minimum Gasteiger partial charge on any atom is -0.352 e. The van der Waals surface area contributed by atoms with Gasteiger partial charge in [0.05, 0.1) is 29.6 Å². The SMILES string of the molecule is FC1(F)CCCCC1.O=C(CCC(F)(F)F)NCc1ccc2nc(CNC(=O)c3ccn4c3CCC4)[nH]c2c1. The summed E-state index contributed by atoms with van der Waals surface area (Å²) < 4.78 is 63.1. The van der Waals surface area contributed by atoms with E-state index in [9.17, 15) is 31.5 Å². The number of nitrogens with zero attached hydrogens (tertiary/aromatic N) is 2. The van der Waals surface area contributed by atoms with E-state index in [1.165, 1.54) is 0 Å². The number of alkyl halides is 5. The number of imidazole rings is 1. The lowest BCUT2D eigenvalue weighted by Crippen LogP contribution is -2.24. The van der Waals surface area contributed by atoms with Crippen LogP contribution in [0.15, 0.2) is 30.5 Å². The summed E-state index contributed by atoms with van der Waals surface area (Å²) in [6.07, 6.45) is 0.461. The maximum absolute atomic E-state index is 12.5. The molecule has 0 radical (unpaired) electrons. The molecule has 1 aliphatic carbocycles. The largest absolute Gasteiger partial charge is 0.389 e. The van der Waals surface area contributed by atoms with E-state index in [2.05, 4.69) is 25.2 Å². The van der Waals surface area contributed by atoms with Crippen LogP contribution in [0.5, 0.6) is 0 Å². The van der Waals surface area contributed by atoms with E-state index in [-0.39, 0.29) is 31.8 Å². The number of H-pyrrole nitrogens is 1. The van der Waals surface area contributed by atoms with Crippen LogP contribution in [0.4, 0.5) is 22.0 Å². The first-order chi connectivity index (χ1) is 18.5. The molecule has 3 aromatic rings. The number of benzene rings is 1. The second-order valence-corrected chi connectivity index (χ2v) is 10.00. The lowest BCUT2D eigenvalue weighted by molar-refractivity contribution is -0.144. The molecule has 0 spiro atoms. The summed E-state index contributed by atoms with van der Waals surface area (Å²) in [6, 6.07) is 7.12. The molecule has 1 fully saturated rings. The van der Waals surface area contributed by atoms with E-state index < -0.39 is 30.8 Å². The zero-order chi connectivity index (χ0) is 28.0. The van der Waals surface area contributed by atoms with Gasteiger partial charge in [0, 0.05) is 44.2 Å². The molecular formula is C27H32F5N5O2. The molecule has 39 heavy (non-hydrogen) atoms. The van der Waals surface area contributed by atoms with Gasteiger partial charge in [0.2, 0.25) is 11.8 Å². The topological polar surface area (TPSA) is 91.8 Å². The number of aryl methyl sites for hydroxylation is 1. The summed E-state index contributed by atoms with van der Waals surface area (Å²) >= 11 is 0. The number of hydrogen-bond acceptors (Lipinski definition) is 3. The molecule has 1 saturated carbocycles. The summed E-state index contributed by atoms with van der Waals surface area (Å²) in [6.45, 7) is 1.30. The monoisotopic (exact) mass is 553 g/mol. The van der Waals surface area contributed by atoms with Crippen LogP contribution in [-0.4, -0.2) is 38.4 Å². The van der Waals surface area contributed by atoms with Gasteiger partial charge in [-0.2, -0.15) is 13.2 Å². The van der Waals surface area contributed by atoms with Crippen molar-refractivity contribution in [2.45, 2.75) is 89.5 Å². The Morgan fingerprint density at radius 3 is 2.49 bits per heavy atom. The fourth-order valence-electron chi connectivity index (χ4n) is 4.79. The lowest BCUT2D eigenvalue weighted by atomic mass is 9.97. The van der Waals surface area contributed by atoms with E-state index in [0.29, 0.717) is 29.7 Å². The zero-order valence-corrected chi connectivity index (χ0v) is 21.5. The Hall–Kier alpha value is -3.44. The number of fused-ring (bicyclic) bond motifs is 2. The highest BCUT2D eigenvalue weighted by Crippen LogP contribution is 2.32. The minimum atomic E-state index is -4.35. The molecule has 3 N–H and O–H groups in total. The Morgan fingerprint density at radius 2 is 1.79 bits per heavy atom. The van der Waals surface area contributed by atoms with E-state index in [4.69, 9.17) is 0 Å². The predicted molar refractivity (Wildman–Crippen MR) is 135 cm³/mol. The Bertz CT molecular complexity index is 1290. The normalized spacial score (nSPS) is 16.3. The van der Waals surface area contributed by atoms with Gasteiger partial charge in [-0.15, -0.1) is 0 Å².